The molecule has 0 unspecified atom stereocenters. The summed E-state index contributed by atoms with van der Waals surface area (Å²) in [4.78, 5) is 29.9. The average molecular weight is 393 g/mol. The molecule has 0 bridgehead atoms. The SMILES string of the molecule is Cc1cc(C(=O)COC(=O)Cc2cn3ccsc3n2)c(C)n1-c1ccccc1. The largest absolute Gasteiger partial charge is 0.457 e. The number of esters is 1. The fourth-order valence-electron chi connectivity index (χ4n) is 3.30. The van der Waals surface area contributed by atoms with Gasteiger partial charge in [-0.15, -0.1) is 11.3 Å². The fourth-order valence-corrected chi connectivity index (χ4v) is 4.02. The highest BCUT2D eigenvalue weighted by molar-refractivity contribution is 7.15. The van der Waals surface area contributed by atoms with Gasteiger partial charge in [-0.25, -0.2) is 4.98 Å². The number of ether oxygens (including phenoxy) is 1. The molecule has 0 aliphatic carbocycles. The fraction of sp³-hybridized carbons (Fsp3) is 0.190. The van der Waals surface area contributed by atoms with Gasteiger partial charge in [0.1, 0.15) is 0 Å². The second-order valence-corrected chi connectivity index (χ2v) is 7.41. The van der Waals surface area contributed by atoms with Gasteiger partial charge in [0.15, 0.2) is 11.6 Å². The lowest BCUT2D eigenvalue weighted by Crippen LogP contribution is -2.16. The Hall–Kier alpha value is -3.19. The number of hydrogen-bond donors (Lipinski definition) is 0. The highest BCUT2D eigenvalue weighted by atomic mass is 32.1. The van der Waals surface area contributed by atoms with E-state index < -0.39 is 5.97 Å². The second kappa shape index (κ2) is 7.44. The van der Waals surface area contributed by atoms with E-state index in [0.717, 1.165) is 22.0 Å². The van der Waals surface area contributed by atoms with E-state index in [2.05, 4.69) is 4.98 Å². The number of aromatic nitrogens is 3. The summed E-state index contributed by atoms with van der Waals surface area (Å²) in [6.45, 7) is 3.57. The van der Waals surface area contributed by atoms with Crippen molar-refractivity contribution in [2.24, 2.45) is 0 Å². The van der Waals surface area contributed by atoms with Crippen molar-refractivity contribution in [1.82, 2.24) is 14.0 Å². The highest BCUT2D eigenvalue weighted by Crippen LogP contribution is 2.21. The quantitative estimate of drug-likeness (QED) is 0.369. The van der Waals surface area contributed by atoms with E-state index in [-0.39, 0.29) is 18.8 Å². The van der Waals surface area contributed by atoms with E-state index >= 15 is 0 Å². The molecule has 0 radical (unpaired) electrons. The van der Waals surface area contributed by atoms with E-state index in [4.69, 9.17) is 4.74 Å². The van der Waals surface area contributed by atoms with E-state index in [1.807, 2.05) is 70.8 Å². The Labute approximate surface area is 166 Å². The molecular formula is C21H19N3O3S. The highest BCUT2D eigenvalue weighted by Gasteiger charge is 2.18. The molecule has 0 saturated heterocycles. The molecule has 0 aliphatic heterocycles. The monoisotopic (exact) mass is 393 g/mol. The molecule has 1 aromatic carbocycles. The van der Waals surface area contributed by atoms with Crippen molar-refractivity contribution >= 4 is 28.1 Å². The topological polar surface area (TPSA) is 65.6 Å². The van der Waals surface area contributed by atoms with Gasteiger partial charge in [-0.3, -0.25) is 14.0 Å². The van der Waals surface area contributed by atoms with Crippen LogP contribution in [-0.2, 0) is 16.0 Å². The van der Waals surface area contributed by atoms with Crippen molar-refractivity contribution < 1.29 is 14.3 Å². The summed E-state index contributed by atoms with van der Waals surface area (Å²) in [6.07, 6.45) is 3.72. The van der Waals surface area contributed by atoms with Crippen LogP contribution in [0, 0.1) is 13.8 Å². The number of imidazole rings is 1. The third kappa shape index (κ3) is 3.48. The van der Waals surface area contributed by atoms with Gasteiger partial charge in [-0.2, -0.15) is 0 Å². The maximum atomic E-state index is 12.6. The number of carbonyl (C=O) groups is 2. The standard InChI is InChI=1S/C21H19N3O3S/c1-14-10-18(15(2)24(14)17-6-4-3-5-7-17)19(25)13-27-20(26)11-16-12-23-8-9-28-21(23)22-16/h3-10,12H,11,13H2,1-2H3. The molecule has 0 spiro atoms. The molecule has 0 amide bonds. The number of ketones is 1. The number of aryl methyl sites for hydroxylation is 1. The molecule has 0 N–H and O–H groups in total. The predicted octanol–water partition coefficient (Wildman–Crippen LogP) is 3.77. The number of Topliss-reactive ketones (excluding diaryl/α,β-unsaturated/α-hetero) is 1. The molecule has 3 aromatic heterocycles. The van der Waals surface area contributed by atoms with Crippen molar-refractivity contribution in [3.8, 4) is 5.69 Å². The Bertz CT molecular complexity index is 1130. The number of benzene rings is 1. The van der Waals surface area contributed by atoms with Gasteiger partial charge in [0, 0.05) is 40.4 Å². The molecule has 4 aromatic rings. The first-order valence-corrected chi connectivity index (χ1v) is 9.75. The number of nitrogens with zero attached hydrogens (tertiary/aromatic N) is 3. The zero-order valence-corrected chi connectivity index (χ0v) is 16.4. The molecule has 7 heteroatoms. The van der Waals surface area contributed by atoms with Crippen LogP contribution in [0.1, 0.15) is 27.4 Å². The number of thiazole rings is 1. The van der Waals surface area contributed by atoms with Crippen LogP contribution in [0.5, 0.6) is 0 Å². The Kier molecular flexibility index (Phi) is 4.83. The van der Waals surface area contributed by atoms with Crippen LogP contribution in [0.3, 0.4) is 0 Å². The van der Waals surface area contributed by atoms with Crippen molar-refractivity contribution in [1.29, 1.82) is 0 Å². The van der Waals surface area contributed by atoms with Crippen LogP contribution in [0.15, 0.2) is 54.2 Å². The van der Waals surface area contributed by atoms with Gasteiger partial charge in [0.25, 0.3) is 0 Å². The maximum Gasteiger partial charge on any atom is 0.312 e. The molecule has 6 nitrogen and oxygen atoms in total. The van der Waals surface area contributed by atoms with Gasteiger partial charge < -0.3 is 9.30 Å². The van der Waals surface area contributed by atoms with Crippen LogP contribution < -0.4 is 0 Å². The first kappa shape index (κ1) is 18.2. The van der Waals surface area contributed by atoms with Gasteiger partial charge in [0.2, 0.25) is 5.78 Å². The average Bonchev–Trinajstić information content (AvgIpc) is 3.34. The van der Waals surface area contributed by atoms with Crippen molar-refractivity contribution in [2.75, 3.05) is 6.61 Å². The lowest BCUT2D eigenvalue weighted by atomic mass is 10.1. The summed E-state index contributed by atoms with van der Waals surface area (Å²) < 4.78 is 9.08. The molecule has 0 fully saturated rings. The zero-order chi connectivity index (χ0) is 19.7. The minimum atomic E-state index is -0.462. The van der Waals surface area contributed by atoms with Crippen LogP contribution in [0.25, 0.3) is 10.6 Å². The van der Waals surface area contributed by atoms with Crippen molar-refractivity contribution in [3.05, 3.63) is 76.8 Å². The van der Waals surface area contributed by atoms with Gasteiger partial charge >= 0.3 is 5.97 Å². The van der Waals surface area contributed by atoms with Gasteiger partial charge in [0.05, 0.1) is 12.1 Å². The lowest BCUT2D eigenvalue weighted by molar-refractivity contribution is -0.141. The first-order valence-electron chi connectivity index (χ1n) is 8.87. The summed E-state index contributed by atoms with van der Waals surface area (Å²) in [5.41, 5.74) is 3.98. The molecule has 0 atom stereocenters. The number of carbonyl (C=O) groups excluding carboxylic acids is 2. The van der Waals surface area contributed by atoms with Crippen LogP contribution in [-0.4, -0.2) is 32.3 Å². The first-order chi connectivity index (χ1) is 13.5. The minimum Gasteiger partial charge on any atom is -0.457 e. The van der Waals surface area contributed by atoms with Crippen LogP contribution in [0.4, 0.5) is 0 Å². The Morgan fingerprint density at radius 1 is 1.18 bits per heavy atom. The van der Waals surface area contributed by atoms with Gasteiger partial charge in [-0.1, -0.05) is 18.2 Å². The second-order valence-electron chi connectivity index (χ2n) is 6.54. The summed E-state index contributed by atoms with van der Waals surface area (Å²) >= 11 is 1.50. The molecule has 28 heavy (non-hydrogen) atoms. The summed E-state index contributed by atoms with van der Waals surface area (Å²) in [5, 5.41) is 1.93. The van der Waals surface area contributed by atoms with Crippen molar-refractivity contribution in [2.45, 2.75) is 20.3 Å². The number of para-hydroxylation sites is 1. The number of fused-ring (bicyclic) bond motifs is 1. The van der Waals surface area contributed by atoms with Crippen molar-refractivity contribution in [3.63, 3.8) is 0 Å². The van der Waals surface area contributed by atoms with E-state index in [0.29, 0.717) is 11.3 Å². The maximum absolute atomic E-state index is 12.6. The van der Waals surface area contributed by atoms with E-state index in [9.17, 15) is 9.59 Å². The third-order valence-electron chi connectivity index (χ3n) is 4.58. The summed E-state index contributed by atoms with van der Waals surface area (Å²) in [6, 6.07) is 11.7. The zero-order valence-electron chi connectivity index (χ0n) is 15.6. The number of rotatable bonds is 6. The third-order valence-corrected chi connectivity index (χ3v) is 5.35. The summed E-state index contributed by atoms with van der Waals surface area (Å²) in [5.74, 6) is -0.676. The van der Waals surface area contributed by atoms with Gasteiger partial charge in [-0.05, 0) is 32.0 Å². The van der Waals surface area contributed by atoms with Crippen LogP contribution in [0.2, 0.25) is 0 Å². The van der Waals surface area contributed by atoms with Crippen LogP contribution >= 0.6 is 11.3 Å². The summed E-state index contributed by atoms with van der Waals surface area (Å²) in [7, 11) is 0. The molecule has 3 heterocycles. The smallest absolute Gasteiger partial charge is 0.312 e. The Morgan fingerprint density at radius 3 is 2.71 bits per heavy atom. The molecule has 0 saturated carbocycles. The Balaban J connectivity index is 1.42. The predicted molar refractivity (Wildman–Crippen MR) is 107 cm³/mol. The molecule has 0 aliphatic rings. The minimum absolute atomic E-state index is 0.0463. The molecule has 4 rings (SSSR count). The molecular weight excluding hydrogens is 374 g/mol. The van der Waals surface area contributed by atoms with E-state index in [1.54, 1.807) is 6.20 Å². The number of hydrogen-bond acceptors (Lipinski definition) is 5. The Morgan fingerprint density at radius 2 is 1.96 bits per heavy atom. The van der Waals surface area contributed by atoms with E-state index in [1.165, 1.54) is 11.3 Å². The normalized spacial score (nSPS) is 11.1. The molecule has 142 valence electrons. The lowest BCUT2D eigenvalue weighted by Gasteiger charge is -2.09.